The Balaban J connectivity index is 2.51. The van der Waals surface area contributed by atoms with E-state index in [0.29, 0.717) is 24.2 Å². The highest BCUT2D eigenvalue weighted by atomic mass is 16.3. The number of urea groups is 1. The van der Waals surface area contributed by atoms with E-state index in [9.17, 15) is 9.59 Å². The number of aliphatic hydroxyl groups excluding tert-OH is 1. The second kappa shape index (κ2) is 8.16. The molecule has 6 heteroatoms. The Morgan fingerprint density at radius 2 is 1.85 bits per heavy atom. The molecule has 6 nitrogen and oxygen atoms in total. The Hall–Kier alpha value is -2.08. The number of hydrogen-bond donors (Lipinski definition) is 4. The summed E-state index contributed by atoms with van der Waals surface area (Å²) in [6.45, 7) is 4.24. The van der Waals surface area contributed by atoms with Crippen LogP contribution in [0, 0.1) is 0 Å². The maximum absolute atomic E-state index is 11.7. The van der Waals surface area contributed by atoms with Crippen LogP contribution in [0.4, 0.5) is 10.5 Å². The van der Waals surface area contributed by atoms with Gasteiger partial charge in [-0.1, -0.05) is 0 Å². The van der Waals surface area contributed by atoms with Crippen molar-refractivity contribution >= 4 is 17.6 Å². The number of hydrogen-bond acceptors (Lipinski definition) is 3. The van der Waals surface area contributed by atoms with Crippen LogP contribution < -0.4 is 16.0 Å². The summed E-state index contributed by atoms with van der Waals surface area (Å²) in [6.07, 6.45) is 0.529. The number of aliphatic hydroxyl groups is 1. The van der Waals surface area contributed by atoms with E-state index >= 15 is 0 Å². The van der Waals surface area contributed by atoms with Crippen molar-refractivity contribution < 1.29 is 14.7 Å². The standard InChI is InChI=1S/C14H21N3O3/c1-10(2)16-14(20)17-12-6-4-11(5-7-12)13(19)15-8-3-9-18/h4-7,10,18H,3,8-9H2,1-2H3,(H,15,19)(H2,16,17,20). The van der Waals surface area contributed by atoms with Crippen LogP contribution in [0.5, 0.6) is 0 Å². The van der Waals surface area contributed by atoms with Gasteiger partial charge in [-0.15, -0.1) is 0 Å². The lowest BCUT2D eigenvalue weighted by atomic mass is 10.2. The molecule has 110 valence electrons. The number of carbonyl (C=O) groups excluding carboxylic acids is 2. The fourth-order valence-electron chi connectivity index (χ4n) is 1.52. The van der Waals surface area contributed by atoms with Gasteiger partial charge in [0.1, 0.15) is 0 Å². The van der Waals surface area contributed by atoms with Gasteiger partial charge in [0.25, 0.3) is 5.91 Å². The first kappa shape index (κ1) is 16.0. The van der Waals surface area contributed by atoms with E-state index in [1.165, 1.54) is 0 Å². The van der Waals surface area contributed by atoms with Crippen LogP contribution in [0.1, 0.15) is 30.6 Å². The van der Waals surface area contributed by atoms with Crippen molar-refractivity contribution in [2.45, 2.75) is 26.3 Å². The first-order valence-electron chi connectivity index (χ1n) is 6.59. The second-order valence-electron chi connectivity index (χ2n) is 4.66. The summed E-state index contributed by atoms with van der Waals surface area (Å²) in [5.74, 6) is -0.198. The highest BCUT2D eigenvalue weighted by molar-refractivity contribution is 5.95. The minimum absolute atomic E-state index is 0.0497. The van der Waals surface area contributed by atoms with Gasteiger partial charge in [-0.3, -0.25) is 4.79 Å². The van der Waals surface area contributed by atoms with Gasteiger partial charge in [-0.05, 0) is 44.5 Å². The first-order valence-corrected chi connectivity index (χ1v) is 6.59. The third-order valence-corrected chi connectivity index (χ3v) is 2.45. The lowest BCUT2D eigenvalue weighted by Crippen LogP contribution is -2.34. The molecule has 0 unspecified atom stereocenters. The Morgan fingerprint density at radius 3 is 2.40 bits per heavy atom. The van der Waals surface area contributed by atoms with Gasteiger partial charge >= 0.3 is 6.03 Å². The molecular formula is C14H21N3O3. The van der Waals surface area contributed by atoms with Crippen molar-refractivity contribution in [3.63, 3.8) is 0 Å². The van der Waals surface area contributed by atoms with Gasteiger partial charge in [-0.2, -0.15) is 0 Å². The van der Waals surface area contributed by atoms with Crippen LogP contribution in [0.15, 0.2) is 24.3 Å². The number of benzene rings is 1. The number of anilines is 1. The van der Waals surface area contributed by atoms with Gasteiger partial charge < -0.3 is 21.1 Å². The Labute approximate surface area is 118 Å². The van der Waals surface area contributed by atoms with E-state index in [1.54, 1.807) is 24.3 Å². The summed E-state index contributed by atoms with van der Waals surface area (Å²) < 4.78 is 0. The summed E-state index contributed by atoms with van der Waals surface area (Å²) in [7, 11) is 0. The molecule has 0 aliphatic carbocycles. The number of carbonyl (C=O) groups is 2. The molecule has 0 heterocycles. The fourth-order valence-corrected chi connectivity index (χ4v) is 1.52. The molecule has 0 fully saturated rings. The van der Waals surface area contributed by atoms with Crippen LogP contribution in [-0.2, 0) is 0 Å². The molecule has 3 amide bonds. The number of rotatable bonds is 6. The van der Waals surface area contributed by atoms with Crippen LogP contribution in [0.25, 0.3) is 0 Å². The summed E-state index contributed by atoms with van der Waals surface area (Å²) in [6, 6.07) is 6.40. The van der Waals surface area contributed by atoms with Crippen molar-refractivity contribution in [3.8, 4) is 0 Å². The number of nitrogens with one attached hydrogen (secondary N) is 3. The number of amides is 3. The fraction of sp³-hybridized carbons (Fsp3) is 0.429. The molecule has 0 spiro atoms. The minimum atomic E-state index is -0.278. The summed E-state index contributed by atoms with van der Waals surface area (Å²) in [4.78, 5) is 23.2. The van der Waals surface area contributed by atoms with Crippen molar-refractivity contribution in [1.82, 2.24) is 10.6 Å². The van der Waals surface area contributed by atoms with E-state index < -0.39 is 0 Å². The second-order valence-corrected chi connectivity index (χ2v) is 4.66. The maximum Gasteiger partial charge on any atom is 0.319 e. The zero-order valence-electron chi connectivity index (χ0n) is 11.8. The van der Waals surface area contributed by atoms with Crippen LogP contribution >= 0.6 is 0 Å². The van der Waals surface area contributed by atoms with Crippen LogP contribution in [-0.4, -0.2) is 36.2 Å². The van der Waals surface area contributed by atoms with Crippen molar-refractivity contribution in [2.75, 3.05) is 18.5 Å². The average molecular weight is 279 g/mol. The quantitative estimate of drug-likeness (QED) is 0.592. The molecule has 0 atom stereocenters. The van der Waals surface area contributed by atoms with Crippen molar-refractivity contribution in [2.24, 2.45) is 0 Å². The monoisotopic (exact) mass is 279 g/mol. The molecule has 0 bridgehead atoms. The van der Waals surface area contributed by atoms with E-state index in [1.807, 2.05) is 13.8 Å². The Morgan fingerprint density at radius 1 is 1.20 bits per heavy atom. The molecule has 0 aliphatic heterocycles. The normalized spacial score (nSPS) is 10.2. The highest BCUT2D eigenvalue weighted by Crippen LogP contribution is 2.09. The predicted molar refractivity (Wildman–Crippen MR) is 77.8 cm³/mol. The zero-order valence-corrected chi connectivity index (χ0v) is 11.8. The highest BCUT2D eigenvalue weighted by Gasteiger charge is 2.06. The first-order chi connectivity index (χ1) is 9.52. The average Bonchev–Trinajstić information content (AvgIpc) is 2.38. The zero-order chi connectivity index (χ0) is 15.0. The van der Waals surface area contributed by atoms with Gasteiger partial charge in [0, 0.05) is 30.4 Å². The minimum Gasteiger partial charge on any atom is -0.396 e. The SMILES string of the molecule is CC(C)NC(=O)Nc1ccc(C(=O)NCCCO)cc1. The van der Waals surface area contributed by atoms with Crippen molar-refractivity contribution in [3.05, 3.63) is 29.8 Å². The summed E-state index contributed by atoms with van der Waals surface area (Å²) in [5, 5.41) is 16.7. The summed E-state index contributed by atoms with van der Waals surface area (Å²) >= 11 is 0. The van der Waals surface area contributed by atoms with E-state index in [2.05, 4.69) is 16.0 Å². The van der Waals surface area contributed by atoms with E-state index in [4.69, 9.17) is 5.11 Å². The largest absolute Gasteiger partial charge is 0.396 e. The van der Waals surface area contributed by atoms with Crippen molar-refractivity contribution in [1.29, 1.82) is 0 Å². The maximum atomic E-state index is 11.7. The molecule has 1 aromatic rings. The lowest BCUT2D eigenvalue weighted by Gasteiger charge is -2.10. The summed E-state index contributed by atoms with van der Waals surface area (Å²) in [5.41, 5.74) is 1.13. The van der Waals surface area contributed by atoms with Gasteiger partial charge in [0.05, 0.1) is 0 Å². The third kappa shape index (κ3) is 5.71. The van der Waals surface area contributed by atoms with Gasteiger partial charge in [-0.25, -0.2) is 4.79 Å². The van der Waals surface area contributed by atoms with Gasteiger partial charge in [0.2, 0.25) is 0 Å². The third-order valence-electron chi connectivity index (χ3n) is 2.45. The smallest absolute Gasteiger partial charge is 0.319 e. The molecule has 20 heavy (non-hydrogen) atoms. The van der Waals surface area contributed by atoms with Gasteiger partial charge in [0.15, 0.2) is 0 Å². The van der Waals surface area contributed by atoms with Crippen LogP contribution in [0.3, 0.4) is 0 Å². The molecule has 4 N–H and O–H groups in total. The topological polar surface area (TPSA) is 90.5 Å². The molecule has 1 aromatic carbocycles. The lowest BCUT2D eigenvalue weighted by molar-refractivity contribution is 0.0951. The molecule has 0 radical (unpaired) electrons. The Bertz CT molecular complexity index is 443. The van der Waals surface area contributed by atoms with Crippen LogP contribution in [0.2, 0.25) is 0 Å². The molecular weight excluding hydrogens is 258 g/mol. The van der Waals surface area contributed by atoms with E-state index in [-0.39, 0.29) is 24.6 Å². The molecule has 0 saturated carbocycles. The molecule has 0 aliphatic rings. The molecule has 1 rings (SSSR count). The molecule has 0 aromatic heterocycles. The predicted octanol–water partition coefficient (Wildman–Crippen LogP) is 1.33. The Kier molecular flexibility index (Phi) is 6.52. The molecule has 0 saturated heterocycles. The van der Waals surface area contributed by atoms with E-state index in [0.717, 1.165) is 0 Å².